The quantitative estimate of drug-likeness (QED) is 0.809. The van der Waals surface area contributed by atoms with Crippen LogP contribution in [0.15, 0.2) is 18.2 Å². The van der Waals surface area contributed by atoms with E-state index in [0.717, 1.165) is 0 Å². The van der Waals surface area contributed by atoms with Crippen molar-refractivity contribution in [2.45, 2.75) is 12.1 Å². The van der Waals surface area contributed by atoms with Crippen LogP contribution < -0.4 is 10.1 Å². The number of halogens is 1. The first-order valence-corrected chi connectivity index (χ1v) is 5.06. The topological polar surface area (TPSA) is 50.7 Å². The number of ether oxygens (including phenoxy) is 2. The number of aliphatic hydroxyl groups excluding tert-OH is 1. The van der Waals surface area contributed by atoms with Crippen molar-refractivity contribution in [1.29, 1.82) is 0 Å². The molecule has 4 nitrogen and oxygen atoms in total. The van der Waals surface area contributed by atoms with Gasteiger partial charge in [-0.15, -0.1) is 0 Å². The zero-order valence-corrected chi connectivity index (χ0v) is 8.94. The van der Waals surface area contributed by atoms with Crippen LogP contribution in [-0.4, -0.2) is 37.6 Å². The molecule has 0 saturated carbocycles. The lowest BCUT2D eigenvalue weighted by atomic mass is 10.2. The van der Waals surface area contributed by atoms with Crippen LogP contribution in [-0.2, 0) is 4.74 Å². The second-order valence-corrected chi connectivity index (χ2v) is 3.70. The van der Waals surface area contributed by atoms with Gasteiger partial charge in [-0.1, -0.05) is 0 Å². The van der Waals surface area contributed by atoms with E-state index >= 15 is 0 Å². The highest BCUT2D eigenvalue weighted by Gasteiger charge is 2.25. The van der Waals surface area contributed by atoms with Crippen molar-refractivity contribution in [3.63, 3.8) is 0 Å². The molecule has 2 N–H and O–H groups in total. The van der Waals surface area contributed by atoms with E-state index in [9.17, 15) is 9.50 Å². The van der Waals surface area contributed by atoms with Crippen molar-refractivity contribution in [3.8, 4) is 5.75 Å². The Morgan fingerprint density at radius 1 is 1.50 bits per heavy atom. The Morgan fingerprint density at radius 3 is 2.88 bits per heavy atom. The van der Waals surface area contributed by atoms with Gasteiger partial charge in [0.15, 0.2) is 11.6 Å². The third-order valence-corrected chi connectivity index (χ3v) is 2.55. The molecule has 2 atom stereocenters. The molecular formula is C11H14FNO3. The average molecular weight is 227 g/mol. The normalized spacial score (nSPS) is 24.4. The average Bonchev–Trinajstić information content (AvgIpc) is 2.65. The van der Waals surface area contributed by atoms with Gasteiger partial charge in [0.25, 0.3) is 0 Å². The molecule has 0 bridgehead atoms. The van der Waals surface area contributed by atoms with E-state index < -0.39 is 11.9 Å². The van der Waals surface area contributed by atoms with Crippen molar-refractivity contribution in [3.05, 3.63) is 24.0 Å². The zero-order valence-electron chi connectivity index (χ0n) is 8.94. The number of benzene rings is 1. The van der Waals surface area contributed by atoms with E-state index in [1.165, 1.54) is 13.2 Å². The predicted molar refractivity (Wildman–Crippen MR) is 57.2 cm³/mol. The number of methoxy groups -OCH3 is 1. The summed E-state index contributed by atoms with van der Waals surface area (Å²) in [5.41, 5.74) is 0.604. The summed E-state index contributed by atoms with van der Waals surface area (Å²) in [6, 6.07) is 4.39. The molecule has 1 aliphatic heterocycles. The van der Waals surface area contributed by atoms with Gasteiger partial charge >= 0.3 is 0 Å². The highest BCUT2D eigenvalue weighted by Crippen LogP contribution is 2.22. The highest BCUT2D eigenvalue weighted by atomic mass is 19.1. The number of hydrogen-bond acceptors (Lipinski definition) is 4. The summed E-state index contributed by atoms with van der Waals surface area (Å²) >= 11 is 0. The van der Waals surface area contributed by atoms with Crippen LogP contribution >= 0.6 is 0 Å². The van der Waals surface area contributed by atoms with E-state index in [1.54, 1.807) is 12.1 Å². The van der Waals surface area contributed by atoms with Gasteiger partial charge < -0.3 is 19.9 Å². The van der Waals surface area contributed by atoms with Crippen molar-refractivity contribution in [2.75, 3.05) is 25.6 Å². The van der Waals surface area contributed by atoms with Crippen LogP contribution in [0.2, 0.25) is 0 Å². The van der Waals surface area contributed by atoms with Crippen LogP contribution in [0.25, 0.3) is 0 Å². The number of nitrogens with one attached hydrogen (secondary N) is 1. The molecule has 0 spiro atoms. The van der Waals surface area contributed by atoms with Gasteiger partial charge in [0.2, 0.25) is 0 Å². The lowest BCUT2D eigenvalue weighted by Gasteiger charge is -2.16. The smallest absolute Gasteiger partial charge is 0.167 e. The van der Waals surface area contributed by atoms with Gasteiger partial charge in [-0.25, -0.2) is 4.39 Å². The van der Waals surface area contributed by atoms with Crippen LogP contribution in [0, 0.1) is 5.82 Å². The Labute approximate surface area is 93.0 Å². The van der Waals surface area contributed by atoms with Gasteiger partial charge in [-0.3, -0.25) is 0 Å². The molecule has 1 aliphatic rings. The number of aliphatic hydroxyl groups is 1. The number of rotatable bonds is 3. The van der Waals surface area contributed by atoms with E-state index in [0.29, 0.717) is 18.9 Å². The van der Waals surface area contributed by atoms with Crippen LogP contribution in [0.3, 0.4) is 0 Å². The van der Waals surface area contributed by atoms with Gasteiger partial charge in [0.05, 0.1) is 32.5 Å². The molecule has 88 valence electrons. The second kappa shape index (κ2) is 4.67. The Balaban J connectivity index is 2.07. The van der Waals surface area contributed by atoms with E-state index in [1.807, 2.05) is 0 Å². The molecule has 5 heteroatoms. The fourth-order valence-electron chi connectivity index (χ4n) is 1.65. The maximum absolute atomic E-state index is 13.4. The molecule has 0 aliphatic carbocycles. The predicted octanol–water partition coefficient (Wildman–Crippen LogP) is 1.01. The standard InChI is InChI=1S/C11H14FNO3/c1-15-11-3-2-7(4-8(11)12)13-9-5-16-6-10(9)14/h2-4,9-10,13-14H,5-6H2,1H3. The van der Waals surface area contributed by atoms with E-state index in [2.05, 4.69) is 5.32 Å². The molecular weight excluding hydrogens is 213 g/mol. The minimum Gasteiger partial charge on any atom is -0.494 e. The molecule has 0 radical (unpaired) electrons. The maximum atomic E-state index is 13.4. The van der Waals surface area contributed by atoms with Crippen molar-refractivity contribution in [2.24, 2.45) is 0 Å². The first-order chi connectivity index (χ1) is 7.70. The van der Waals surface area contributed by atoms with Crippen LogP contribution in [0.1, 0.15) is 0 Å². The van der Waals surface area contributed by atoms with Gasteiger partial charge in [-0.05, 0) is 12.1 Å². The molecule has 2 rings (SSSR count). The maximum Gasteiger partial charge on any atom is 0.167 e. The van der Waals surface area contributed by atoms with Crippen molar-refractivity contribution >= 4 is 5.69 Å². The molecule has 0 amide bonds. The molecule has 1 aromatic rings. The lowest BCUT2D eigenvalue weighted by molar-refractivity contribution is 0.125. The summed E-state index contributed by atoms with van der Waals surface area (Å²) < 4.78 is 23.3. The summed E-state index contributed by atoms with van der Waals surface area (Å²) in [4.78, 5) is 0. The van der Waals surface area contributed by atoms with E-state index in [4.69, 9.17) is 9.47 Å². The number of hydrogen-bond donors (Lipinski definition) is 2. The summed E-state index contributed by atoms with van der Waals surface area (Å²) in [6.07, 6.45) is -0.551. The summed E-state index contributed by atoms with van der Waals surface area (Å²) in [5, 5.41) is 12.5. The van der Waals surface area contributed by atoms with Crippen LogP contribution in [0.4, 0.5) is 10.1 Å². The van der Waals surface area contributed by atoms with Gasteiger partial charge in [-0.2, -0.15) is 0 Å². The summed E-state index contributed by atoms with van der Waals surface area (Å²) in [6.45, 7) is 0.741. The van der Waals surface area contributed by atoms with E-state index in [-0.39, 0.29) is 11.8 Å². The summed E-state index contributed by atoms with van der Waals surface area (Å²) in [5.74, 6) is -0.227. The first-order valence-electron chi connectivity index (χ1n) is 5.06. The van der Waals surface area contributed by atoms with Crippen molar-refractivity contribution < 1.29 is 19.0 Å². The SMILES string of the molecule is COc1ccc(NC2COCC2O)cc1F. The first kappa shape index (κ1) is 11.2. The minimum absolute atomic E-state index is 0.187. The molecule has 1 saturated heterocycles. The zero-order chi connectivity index (χ0) is 11.5. The molecule has 2 unspecified atom stereocenters. The third kappa shape index (κ3) is 2.25. The van der Waals surface area contributed by atoms with Gasteiger partial charge in [0, 0.05) is 11.8 Å². The van der Waals surface area contributed by atoms with Crippen molar-refractivity contribution in [1.82, 2.24) is 0 Å². The van der Waals surface area contributed by atoms with Gasteiger partial charge in [0.1, 0.15) is 0 Å². The fraction of sp³-hybridized carbons (Fsp3) is 0.455. The molecule has 16 heavy (non-hydrogen) atoms. The molecule has 1 aromatic carbocycles. The molecule has 1 fully saturated rings. The fourth-order valence-corrected chi connectivity index (χ4v) is 1.65. The highest BCUT2D eigenvalue weighted by molar-refractivity contribution is 5.48. The Kier molecular flexibility index (Phi) is 3.26. The molecule has 1 heterocycles. The third-order valence-electron chi connectivity index (χ3n) is 2.55. The second-order valence-electron chi connectivity index (χ2n) is 3.70. The Bertz CT molecular complexity index is 372. The minimum atomic E-state index is -0.551. The summed E-state index contributed by atoms with van der Waals surface area (Å²) in [7, 11) is 1.42. The van der Waals surface area contributed by atoms with Crippen LogP contribution in [0.5, 0.6) is 5.75 Å². The Morgan fingerprint density at radius 2 is 2.31 bits per heavy atom. The number of anilines is 1. The Hall–Kier alpha value is -1.33. The molecule has 0 aromatic heterocycles. The largest absolute Gasteiger partial charge is 0.494 e. The lowest BCUT2D eigenvalue weighted by Crippen LogP contribution is -2.31. The monoisotopic (exact) mass is 227 g/mol.